The topological polar surface area (TPSA) is 67.4 Å². The highest BCUT2D eigenvalue weighted by molar-refractivity contribution is 9.11. The number of carbonyl (C=O) groups is 2. The largest absolute Gasteiger partial charge is 0.497 e. The van der Waals surface area contributed by atoms with Crippen LogP contribution in [0.15, 0.2) is 40.2 Å². The van der Waals surface area contributed by atoms with Gasteiger partial charge in [-0.1, -0.05) is 12.1 Å². The fourth-order valence-corrected chi connectivity index (χ4v) is 3.18. The zero-order chi connectivity index (χ0) is 16.8. The van der Waals surface area contributed by atoms with Gasteiger partial charge in [0.15, 0.2) is 0 Å². The third kappa shape index (κ3) is 5.07. The van der Waals surface area contributed by atoms with Gasteiger partial charge in [-0.25, -0.2) is 0 Å². The number of halogens is 1. The first-order chi connectivity index (χ1) is 11.0. The summed E-state index contributed by atoms with van der Waals surface area (Å²) in [6.07, 6.45) is 0. The monoisotopic (exact) mass is 396 g/mol. The van der Waals surface area contributed by atoms with Crippen LogP contribution in [0.1, 0.15) is 22.2 Å². The van der Waals surface area contributed by atoms with E-state index in [0.717, 1.165) is 15.1 Å². The third-order valence-corrected chi connectivity index (χ3v) is 4.76. The molecule has 2 amide bonds. The van der Waals surface area contributed by atoms with Crippen molar-refractivity contribution in [2.45, 2.75) is 19.5 Å². The number of benzene rings is 1. The van der Waals surface area contributed by atoms with E-state index in [2.05, 4.69) is 26.6 Å². The Morgan fingerprint density at radius 3 is 2.74 bits per heavy atom. The number of amides is 2. The number of rotatable bonds is 6. The SMILES string of the molecule is COc1cccc(CNC(=O)[C@H](C)NC(=O)c2ccc(Br)s2)c1. The maximum Gasteiger partial charge on any atom is 0.262 e. The average Bonchev–Trinajstić information content (AvgIpc) is 2.99. The lowest BCUT2D eigenvalue weighted by Crippen LogP contribution is -2.44. The van der Waals surface area contributed by atoms with Crippen LogP contribution in [0.5, 0.6) is 5.75 Å². The summed E-state index contributed by atoms with van der Waals surface area (Å²) in [5.41, 5.74) is 0.929. The van der Waals surface area contributed by atoms with Crippen LogP contribution in [0.25, 0.3) is 0 Å². The van der Waals surface area contributed by atoms with Crippen LogP contribution >= 0.6 is 27.3 Å². The summed E-state index contributed by atoms with van der Waals surface area (Å²) in [5, 5.41) is 5.48. The molecule has 5 nitrogen and oxygen atoms in total. The predicted molar refractivity (Wildman–Crippen MR) is 93.8 cm³/mol. The van der Waals surface area contributed by atoms with Crippen LogP contribution in [-0.2, 0) is 11.3 Å². The molecule has 122 valence electrons. The summed E-state index contributed by atoms with van der Waals surface area (Å²) >= 11 is 4.63. The smallest absolute Gasteiger partial charge is 0.262 e. The van der Waals surface area contributed by atoms with Crippen LogP contribution < -0.4 is 15.4 Å². The summed E-state index contributed by atoms with van der Waals surface area (Å²) in [7, 11) is 1.60. The lowest BCUT2D eigenvalue weighted by Gasteiger charge is -2.14. The van der Waals surface area contributed by atoms with Crippen LogP contribution in [0.2, 0.25) is 0 Å². The van der Waals surface area contributed by atoms with Crippen molar-refractivity contribution < 1.29 is 14.3 Å². The van der Waals surface area contributed by atoms with E-state index in [4.69, 9.17) is 4.74 Å². The Balaban J connectivity index is 1.86. The van der Waals surface area contributed by atoms with Gasteiger partial charge in [-0.2, -0.15) is 0 Å². The van der Waals surface area contributed by atoms with E-state index >= 15 is 0 Å². The van der Waals surface area contributed by atoms with E-state index < -0.39 is 6.04 Å². The molecule has 1 atom stereocenters. The maximum absolute atomic E-state index is 12.1. The number of hydrogen-bond acceptors (Lipinski definition) is 4. The minimum atomic E-state index is -0.617. The Morgan fingerprint density at radius 1 is 1.30 bits per heavy atom. The zero-order valence-corrected chi connectivity index (χ0v) is 15.2. The average molecular weight is 397 g/mol. The quantitative estimate of drug-likeness (QED) is 0.788. The maximum atomic E-state index is 12.1. The molecule has 0 radical (unpaired) electrons. The summed E-state index contributed by atoms with van der Waals surface area (Å²) < 4.78 is 6.01. The number of ether oxygens (including phenoxy) is 1. The summed E-state index contributed by atoms with van der Waals surface area (Å²) in [4.78, 5) is 24.7. The van der Waals surface area contributed by atoms with Crippen LogP contribution in [0, 0.1) is 0 Å². The molecule has 2 N–H and O–H groups in total. The highest BCUT2D eigenvalue weighted by Gasteiger charge is 2.17. The van der Waals surface area contributed by atoms with E-state index in [1.165, 1.54) is 11.3 Å². The lowest BCUT2D eigenvalue weighted by atomic mass is 10.2. The molecule has 0 aliphatic rings. The van der Waals surface area contributed by atoms with Crippen molar-refractivity contribution >= 4 is 39.1 Å². The van der Waals surface area contributed by atoms with Gasteiger partial charge in [0.25, 0.3) is 5.91 Å². The van der Waals surface area contributed by atoms with Gasteiger partial charge in [0.1, 0.15) is 11.8 Å². The van der Waals surface area contributed by atoms with Crippen molar-refractivity contribution in [2.24, 2.45) is 0 Å². The Bertz CT molecular complexity index is 702. The van der Waals surface area contributed by atoms with Crippen molar-refractivity contribution in [3.8, 4) is 5.75 Å². The highest BCUT2D eigenvalue weighted by atomic mass is 79.9. The molecule has 23 heavy (non-hydrogen) atoms. The second kappa shape index (κ2) is 8.12. The van der Waals surface area contributed by atoms with E-state index in [1.807, 2.05) is 24.3 Å². The Morgan fingerprint density at radius 2 is 2.09 bits per heavy atom. The summed E-state index contributed by atoms with van der Waals surface area (Å²) in [5.74, 6) is 0.239. The molecule has 1 aromatic heterocycles. The number of nitrogens with one attached hydrogen (secondary N) is 2. The number of methoxy groups -OCH3 is 1. The van der Waals surface area contributed by atoms with Gasteiger partial charge < -0.3 is 15.4 Å². The normalized spacial score (nSPS) is 11.6. The Hall–Kier alpha value is -1.86. The first-order valence-corrected chi connectivity index (χ1v) is 8.57. The first kappa shape index (κ1) is 17.5. The Kier molecular flexibility index (Phi) is 6.18. The molecule has 0 spiro atoms. The number of carbonyl (C=O) groups excluding carboxylic acids is 2. The number of thiophene rings is 1. The van der Waals surface area contributed by atoms with Gasteiger partial charge in [-0.3, -0.25) is 9.59 Å². The van der Waals surface area contributed by atoms with E-state index in [-0.39, 0.29) is 11.8 Å². The van der Waals surface area contributed by atoms with Gasteiger partial charge in [0, 0.05) is 6.54 Å². The fraction of sp³-hybridized carbons (Fsp3) is 0.250. The molecule has 1 heterocycles. The predicted octanol–water partition coefficient (Wildman–Crippen LogP) is 2.95. The molecule has 1 aromatic carbocycles. The van der Waals surface area contributed by atoms with Crippen molar-refractivity contribution in [3.05, 3.63) is 50.6 Å². The molecule has 2 aromatic rings. The standard InChI is InChI=1S/C16H17BrN2O3S/c1-10(19-16(21)13-6-7-14(17)23-13)15(20)18-9-11-4-3-5-12(8-11)22-2/h3-8,10H,9H2,1-2H3,(H,18,20)(H,19,21)/t10-/m0/s1. The molecule has 0 aliphatic heterocycles. The minimum Gasteiger partial charge on any atom is -0.497 e. The van der Waals surface area contributed by atoms with Crippen molar-refractivity contribution in [3.63, 3.8) is 0 Å². The molecular formula is C16H17BrN2O3S. The van der Waals surface area contributed by atoms with E-state index in [0.29, 0.717) is 11.4 Å². The van der Waals surface area contributed by atoms with Crippen LogP contribution in [-0.4, -0.2) is 25.0 Å². The molecule has 0 saturated carbocycles. The second-order valence-corrected chi connectivity index (χ2v) is 7.33. The molecule has 0 unspecified atom stereocenters. The van der Waals surface area contributed by atoms with Crippen LogP contribution in [0.4, 0.5) is 0 Å². The van der Waals surface area contributed by atoms with Crippen LogP contribution in [0.3, 0.4) is 0 Å². The fourth-order valence-electron chi connectivity index (χ4n) is 1.89. The summed E-state index contributed by atoms with van der Waals surface area (Å²) in [6.45, 7) is 2.03. The molecule has 0 bridgehead atoms. The molecule has 2 rings (SSSR count). The zero-order valence-electron chi connectivity index (χ0n) is 12.8. The van der Waals surface area contributed by atoms with Gasteiger partial charge in [-0.15, -0.1) is 11.3 Å². The van der Waals surface area contributed by atoms with Crippen molar-refractivity contribution in [1.29, 1.82) is 0 Å². The van der Waals surface area contributed by atoms with Crippen molar-refractivity contribution in [1.82, 2.24) is 10.6 Å². The Labute approximate surface area is 147 Å². The molecule has 7 heteroatoms. The van der Waals surface area contributed by atoms with E-state index in [1.54, 1.807) is 26.2 Å². The molecule has 0 fully saturated rings. The lowest BCUT2D eigenvalue weighted by molar-refractivity contribution is -0.122. The second-order valence-electron chi connectivity index (χ2n) is 4.87. The molecular weight excluding hydrogens is 380 g/mol. The molecule has 0 saturated heterocycles. The third-order valence-electron chi connectivity index (χ3n) is 3.14. The molecule has 0 aliphatic carbocycles. The number of hydrogen-bond donors (Lipinski definition) is 2. The van der Waals surface area contributed by atoms with Gasteiger partial charge >= 0.3 is 0 Å². The minimum absolute atomic E-state index is 0.239. The first-order valence-electron chi connectivity index (χ1n) is 6.96. The van der Waals surface area contributed by atoms with Crippen molar-refractivity contribution in [2.75, 3.05) is 7.11 Å². The van der Waals surface area contributed by atoms with Gasteiger partial charge in [0.05, 0.1) is 15.8 Å². The highest BCUT2D eigenvalue weighted by Crippen LogP contribution is 2.21. The van der Waals surface area contributed by atoms with Gasteiger partial charge in [0.2, 0.25) is 5.91 Å². The van der Waals surface area contributed by atoms with Gasteiger partial charge in [-0.05, 0) is 52.7 Å². The van der Waals surface area contributed by atoms with E-state index in [9.17, 15) is 9.59 Å². The summed E-state index contributed by atoms with van der Waals surface area (Å²) in [6, 6.07) is 10.3.